The molecule has 0 spiro atoms. The minimum Gasteiger partial charge on any atom is -0.309 e. The molecule has 3 heterocycles. The van der Waals surface area contributed by atoms with Gasteiger partial charge >= 0.3 is 0 Å². The van der Waals surface area contributed by atoms with Gasteiger partial charge in [-0.15, -0.1) is 0 Å². The maximum absolute atomic E-state index is 2.92. The maximum atomic E-state index is 2.59. The normalized spacial score (nSPS) is 14.4. The maximum Gasteiger partial charge on any atom is 0.157 e. The zero-order valence-electron chi connectivity index (χ0n) is 35.2. The van der Waals surface area contributed by atoms with Gasteiger partial charge in [0.15, 0.2) is 8.07 Å². The lowest BCUT2D eigenvalue weighted by Crippen LogP contribution is -2.70. The summed E-state index contributed by atoms with van der Waals surface area (Å²) in [6.07, 6.45) is 8.47. The fourth-order valence-corrected chi connectivity index (χ4v) is 16.9. The van der Waals surface area contributed by atoms with E-state index in [-0.39, 0.29) is 5.54 Å². The van der Waals surface area contributed by atoms with Gasteiger partial charge in [0, 0.05) is 49.4 Å². The van der Waals surface area contributed by atoms with Crippen LogP contribution in [0.1, 0.15) is 6.42 Å². The van der Waals surface area contributed by atoms with Gasteiger partial charge in [0.05, 0.1) is 33.1 Å². The predicted octanol–water partition coefficient (Wildman–Crippen LogP) is 13.3. The number of para-hydroxylation sites is 6. The van der Waals surface area contributed by atoms with E-state index in [1.807, 2.05) is 0 Å². The number of nitrogens with zero attached hydrogens (tertiary/aromatic N) is 3. The van der Waals surface area contributed by atoms with Crippen LogP contribution in [0.15, 0.2) is 243 Å². The van der Waals surface area contributed by atoms with Crippen molar-refractivity contribution in [3.8, 4) is 11.4 Å². The molecule has 64 heavy (non-hydrogen) atoms. The number of hydrogen-bond acceptors (Lipinski definition) is 0. The van der Waals surface area contributed by atoms with Crippen LogP contribution in [0, 0.1) is 0 Å². The number of aromatic nitrogens is 3. The quantitative estimate of drug-likeness (QED) is 0.112. The molecule has 1 aliphatic carbocycles. The van der Waals surface area contributed by atoms with Crippen molar-refractivity contribution in [1.29, 1.82) is 0 Å². The first-order valence-corrected chi connectivity index (χ1v) is 24.5. The monoisotopic (exact) mass is 833 g/mol. The van der Waals surface area contributed by atoms with Crippen molar-refractivity contribution < 1.29 is 0 Å². The van der Waals surface area contributed by atoms with E-state index in [0.29, 0.717) is 0 Å². The standard InChI is InChI=1S/C60H43N3Si/c1-5-20-42(21-6-1)61-54-32-16-13-28-48(54)51-31-19-35-57(58(51)61)64(45-24-9-3-10-25-45,46-26-11-4-12-27-46)47-38-36-44(37-39-47)63-56-34-18-15-30-50(56)53-41-40-52-49-29-14-17-33-55(49)62(59(52)60(53)63)43-22-7-2-8-23-43/h1-38,40-41,47H,39H2. The first-order valence-electron chi connectivity index (χ1n) is 22.4. The van der Waals surface area contributed by atoms with E-state index in [2.05, 4.69) is 256 Å². The van der Waals surface area contributed by atoms with Crippen molar-refractivity contribution in [2.75, 3.05) is 0 Å². The SMILES string of the molecule is C1=CC([Si](c2ccccc2)(c2ccccc2)c2cccc3c4ccccc4n(-c4ccccc4)c23)CC=C1n1c2ccccc2c2ccc3c4ccccc4n(-c4ccccc4)c3c21. The zero-order valence-corrected chi connectivity index (χ0v) is 36.2. The van der Waals surface area contributed by atoms with Crippen LogP contribution in [-0.4, -0.2) is 21.8 Å². The van der Waals surface area contributed by atoms with Crippen LogP contribution >= 0.6 is 0 Å². The van der Waals surface area contributed by atoms with Gasteiger partial charge in [0.1, 0.15) is 0 Å². The average molecular weight is 834 g/mol. The Morgan fingerprint density at radius 3 is 1.25 bits per heavy atom. The summed E-state index contributed by atoms with van der Waals surface area (Å²) >= 11 is 0. The molecule has 3 aromatic heterocycles. The molecule has 13 rings (SSSR count). The lowest BCUT2D eigenvalue weighted by atomic mass is 10.1. The molecular formula is C60H43N3Si. The summed E-state index contributed by atoms with van der Waals surface area (Å²) in [5.41, 5.74) is 11.2. The average Bonchev–Trinajstić information content (AvgIpc) is 4.02. The van der Waals surface area contributed by atoms with E-state index < -0.39 is 8.07 Å². The van der Waals surface area contributed by atoms with Crippen molar-refractivity contribution >= 4 is 94.7 Å². The zero-order chi connectivity index (χ0) is 42.2. The Morgan fingerprint density at radius 2 is 0.750 bits per heavy atom. The van der Waals surface area contributed by atoms with Crippen LogP contribution in [0.4, 0.5) is 0 Å². The fourth-order valence-electron chi connectivity index (χ4n) is 11.4. The van der Waals surface area contributed by atoms with Crippen LogP contribution in [-0.2, 0) is 0 Å². The van der Waals surface area contributed by atoms with Gasteiger partial charge in [-0.25, -0.2) is 0 Å². The number of rotatable bonds is 7. The van der Waals surface area contributed by atoms with Crippen LogP contribution < -0.4 is 15.6 Å². The van der Waals surface area contributed by atoms with Crippen LogP contribution in [0.25, 0.3) is 82.5 Å². The third kappa shape index (κ3) is 5.27. The molecule has 0 bridgehead atoms. The topological polar surface area (TPSA) is 14.8 Å². The minimum absolute atomic E-state index is 0.206. The van der Waals surface area contributed by atoms with Gasteiger partial charge in [-0.3, -0.25) is 0 Å². The molecule has 0 radical (unpaired) electrons. The van der Waals surface area contributed by atoms with E-state index in [1.165, 1.54) is 92.4 Å². The van der Waals surface area contributed by atoms with Gasteiger partial charge in [0.25, 0.3) is 0 Å². The number of benzene rings is 9. The summed E-state index contributed by atoms with van der Waals surface area (Å²) in [5.74, 6) is 0. The van der Waals surface area contributed by atoms with Gasteiger partial charge < -0.3 is 13.7 Å². The van der Waals surface area contributed by atoms with Crippen molar-refractivity contribution in [2.45, 2.75) is 12.0 Å². The largest absolute Gasteiger partial charge is 0.309 e. The van der Waals surface area contributed by atoms with Crippen molar-refractivity contribution in [3.05, 3.63) is 243 Å². The molecule has 12 aromatic rings. The second-order valence-electron chi connectivity index (χ2n) is 17.2. The van der Waals surface area contributed by atoms with E-state index in [1.54, 1.807) is 0 Å². The summed E-state index contributed by atoms with van der Waals surface area (Å²) in [6, 6.07) is 83.3. The van der Waals surface area contributed by atoms with Gasteiger partial charge in [-0.1, -0.05) is 194 Å². The summed E-state index contributed by atoms with van der Waals surface area (Å²) in [5, 5.41) is 11.9. The van der Waals surface area contributed by atoms with Gasteiger partial charge in [-0.05, 0) is 76.1 Å². The van der Waals surface area contributed by atoms with Gasteiger partial charge in [0.2, 0.25) is 0 Å². The summed E-state index contributed by atoms with van der Waals surface area (Å²) in [4.78, 5) is 0. The second-order valence-corrected chi connectivity index (χ2v) is 21.2. The first kappa shape index (κ1) is 36.7. The summed E-state index contributed by atoms with van der Waals surface area (Å²) in [6.45, 7) is 0. The Labute approximate surface area is 372 Å². The molecule has 302 valence electrons. The summed E-state index contributed by atoms with van der Waals surface area (Å²) in [7, 11) is -2.92. The van der Waals surface area contributed by atoms with E-state index in [4.69, 9.17) is 0 Å². The lowest BCUT2D eigenvalue weighted by Gasteiger charge is -2.41. The molecular weight excluding hydrogens is 791 g/mol. The van der Waals surface area contributed by atoms with Gasteiger partial charge in [-0.2, -0.15) is 0 Å². The smallest absolute Gasteiger partial charge is 0.157 e. The third-order valence-corrected chi connectivity index (χ3v) is 19.3. The van der Waals surface area contributed by atoms with Crippen LogP contribution in [0.3, 0.4) is 0 Å². The molecule has 9 aromatic carbocycles. The Morgan fingerprint density at radius 1 is 0.344 bits per heavy atom. The third-order valence-electron chi connectivity index (χ3n) is 14.0. The Kier molecular flexibility index (Phi) is 8.37. The first-order chi connectivity index (χ1) is 31.8. The molecule has 0 saturated carbocycles. The summed E-state index contributed by atoms with van der Waals surface area (Å²) < 4.78 is 7.57. The highest BCUT2D eigenvalue weighted by Gasteiger charge is 2.47. The Bertz CT molecular complexity index is 3760. The second kappa shape index (κ2) is 14.6. The molecule has 0 saturated heterocycles. The predicted molar refractivity (Wildman–Crippen MR) is 274 cm³/mol. The van der Waals surface area contributed by atoms with Crippen molar-refractivity contribution in [3.63, 3.8) is 0 Å². The highest BCUT2D eigenvalue weighted by molar-refractivity contribution is 7.13. The molecule has 4 heteroatoms. The molecule has 0 N–H and O–H groups in total. The van der Waals surface area contributed by atoms with Crippen LogP contribution in [0.2, 0.25) is 5.54 Å². The van der Waals surface area contributed by atoms with Crippen molar-refractivity contribution in [1.82, 2.24) is 13.7 Å². The number of hydrogen-bond donors (Lipinski definition) is 0. The fraction of sp³-hybridized carbons (Fsp3) is 0.0333. The molecule has 3 nitrogen and oxygen atoms in total. The highest BCUT2D eigenvalue weighted by atomic mass is 28.3. The molecule has 0 aliphatic heterocycles. The Balaban J connectivity index is 1.09. The van der Waals surface area contributed by atoms with E-state index in [0.717, 1.165) is 12.1 Å². The number of allylic oxidation sites excluding steroid dienone is 4. The lowest BCUT2D eigenvalue weighted by molar-refractivity contribution is 0.985. The molecule has 1 atom stereocenters. The van der Waals surface area contributed by atoms with E-state index >= 15 is 0 Å². The molecule has 0 fully saturated rings. The number of fused-ring (bicyclic) bond motifs is 10. The van der Waals surface area contributed by atoms with E-state index in [9.17, 15) is 0 Å². The highest BCUT2D eigenvalue weighted by Crippen LogP contribution is 2.44. The molecule has 0 amide bonds. The van der Waals surface area contributed by atoms with Crippen LogP contribution in [0.5, 0.6) is 0 Å². The molecule has 1 aliphatic rings. The molecule has 1 unspecified atom stereocenters. The van der Waals surface area contributed by atoms with Crippen molar-refractivity contribution in [2.24, 2.45) is 0 Å². The Hall–Kier alpha value is -7.92. The minimum atomic E-state index is -2.92.